The maximum absolute atomic E-state index is 12.2. The summed E-state index contributed by atoms with van der Waals surface area (Å²) in [6.45, 7) is 0. The summed E-state index contributed by atoms with van der Waals surface area (Å²) in [5.74, 6) is 2.24. The molecule has 0 aliphatic carbocycles. The second-order valence-corrected chi connectivity index (χ2v) is 5.28. The first-order chi connectivity index (χ1) is 10.8. The molecule has 22 heavy (non-hydrogen) atoms. The fourth-order valence-electron chi connectivity index (χ4n) is 2.74. The van der Waals surface area contributed by atoms with E-state index in [1.54, 1.807) is 0 Å². The van der Waals surface area contributed by atoms with Gasteiger partial charge in [-0.3, -0.25) is 10.1 Å². The minimum absolute atomic E-state index is 0.111. The van der Waals surface area contributed by atoms with Gasteiger partial charge in [-0.15, -0.1) is 12.3 Å². The fourth-order valence-corrected chi connectivity index (χ4v) is 2.74. The largest absolute Gasteiger partial charge is 0.454 e. The molecule has 110 valence electrons. The van der Waals surface area contributed by atoms with Crippen molar-refractivity contribution in [3.8, 4) is 12.3 Å². The van der Waals surface area contributed by atoms with E-state index in [-0.39, 0.29) is 18.1 Å². The van der Waals surface area contributed by atoms with Gasteiger partial charge in [0.2, 0.25) is 0 Å². The molecule has 0 saturated carbocycles. The van der Waals surface area contributed by atoms with E-state index in [9.17, 15) is 4.79 Å². The molecular weight excluding hydrogens is 274 g/mol. The smallest absolute Gasteiger partial charge is 0.324 e. The van der Waals surface area contributed by atoms with Crippen LogP contribution in [0.4, 0.5) is 0 Å². The van der Waals surface area contributed by atoms with Crippen molar-refractivity contribution in [3.63, 3.8) is 0 Å². The van der Waals surface area contributed by atoms with Crippen molar-refractivity contribution in [3.05, 3.63) is 71.8 Å². The molecule has 3 heteroatoms. The van der Waals surface area contributed by atoms with Crippen LogP contribution in [0.2, 0.25) is 0 Å². The van der Waals surface area contributed by atoms with E-state index in [1.807, 2.05) is 60.7 Å². The van der Waals surface area contributed by atoms with Gasteiger partial charge >= 0.3 is 5.97 Å². The van der Waals surface area contributed by atoms with Crippen LogP contribution in [0, 0.1) is 12.3 Å². The molecule has 3 nitrogen and oxygen atoms in total. The van der Waals surface area contributed by atoms with Gasteiger partial charge < -0.3 is 4.74 Å². The van der Waals surface area contributed by atoms with E-state index < -0.39 is 6.04 Å². The molecule has 0 amide bonds. The maximum atomic E-state index is 12.2. The van der Waals surface area contributed by atoms with Crippen LogP contribution in [0.25, 0.3) is 0 Å². The van der Waals surface area contributed by atoms with Crippen LogP contribution in [-0.4, -0.2) is 12.0 Å². The summed E-state index contributed by atoms with van der Waals surface area (Å²) < 4.78 is 5.71. The first kappa shape index (κ1) is 14.4. The average Bonchev–Trinajstić information content (AvgIpc) is 2.58. The second kappa shape index (κ2) is 6.46. The number of terminal acetylenes is 1. The zero-order chi connectivity index (χ0) is 15.4. The molecule has 0 bridgehead atoms. The number of hydrogen-bond donors (Lipinski definition) is 1. The molecule has 2 aromatic carbocycles. The summed E-state index contributed by atoms with van der Waals surface area (Å²) in [7, 11) is 0. The Morgan fingerprint density at radius 3 is 2.18 bits per heavy atom. The molecule has 1 aliphatic heterocycles. The van der Waals surface area contributed by atoms with Crippen molar-refractivity contribution >= 4 is 5.97 Å². The van der Waals surface area contributed by atoms with Crippen molar-refractivity contribution in [2.75, 3.05) is 0 Å². The van der Waals surface area contributed by atoms with Crippen molar-refractivity contribution in [1.82, 2.24) is 5.32 Å². The van der Waals surface area contributed by atoms with Crippen molar-refractivity contribution < 1.29 is 9.53 Å². The Balaban J connectivity index is 1.96. The van der Waals surface area contributed by atoms with Gasteiger partial charge in [0.1, 0.15) is 12.1 Å². The summed E-state index contributed by atoms with van der Waals surface area (Å²) in [6, 6.07) is 19.2. The maximum Gasteiger partial charge on any atom is 0.324 e. The number of morpholine rings is 1. The molecule has 3 atom stereocenters. The summed E-state index contributed by atoms with van der Waals surface area (Å²) in [5, 5.41) is 3.35. The van der Waals surface area contributed by atoms with Crippen LogP contribution in [0.15, 0.2) is 60.7 Å². The lowest BCUT2D eigenvalue weighted by Crippen LogP contribution is -2.48. The third-order valence-corrected chi connectivity index (χ3v) is 3.82. The van der Waals surface area contributed by atoms with Crippen LogP contribution in [-0.2, 0) is 9.53 Å². The second-order valence-electron chi connectivity index (χ2n) is 5.28. The number of cyclic esters (lactones) is 1. The topological polar surface area (TPSA) is 38.3 Å². The Bertz CT molecular complexity index is 676. The number of nitrogens with one attached hydrogen (secondary N) is 1. The lowest BCUT2D eigenvalue weighted by atomic mass is 9.92. The minimum Gasteiger partial charge on any atom is -0.454 e. The molecule has 0 radical (unpaired) electrons. The predicted molar refractivity (Wildman–Crippen MR) is 84.8 cm³/mol. The van der Waals surface area contributed by atoms with Gasteiger partial charge in [-0.2, -0.15) is 0 Å². The first-order valence-electron chi connectivity index (χ1n) is 7.29. The Kier molecular flexibility index (Phi) is 4.22. The molecular formula is C19H17NO2. The number of carbonyl (C=O) groups excluding carboxylic acids is 1. The molecule has 1 saturated heterocycles. The third-order valence-electron chi connectivity index (χ3n) is 3.82. The van der Waals surface area contributed by atoms with Crippen molar-refractivity contribution in [2.24, 2.45) is 0 Å². The van der Waals surface area contributed by atoms with Crippen LogP contribution in [0.5, 0.6) is 0 Å². The zero-order valence-electron chi connectivity index (χ0n) is 12.1. The van der Waals surface area contributed by atoms with Gasteiger partial charge in [0.15, 0.2) is 0 Å². The summed E-state index contributed by atoms with van der Waals surface area (Å²) in [5.41, 5.74) is 2.04. The Labute approximate surface area is 130 Å². The highest BCUT2D eigenvalue weighted by Crippen LogP contribution is 2.36. The molecule has 0 aromatic heterocycles. The van der Waals surface area contributed by atoms with E-state index in [0.29, 0.717) is 6.42 Å². The normalized spacial score (nSPS) is 24.3. The number of ether oxygens (including phenoxy) is 1. The number of rotatable bonds is 3. The van der Waals surface area contributed by atoms with Gasteiger partial charge in [0, 0.05) is 6.42 Å². The van der Waals surface area contributed by atoms with E-state index in [0.717, 1.165) is 11.1 Å². The van der Waals surface area contributed by atoms with Crippen molar-refractivity contribution in [1.29, 1.82) is 0 Å². The van der Waals surface area contributed by atoms with Crippen LogP contribution in [0.1, 0.15) is 29.7 Å². The van der Waals surface area contributed by atoms with E-state index in [2.05, 4.69) is 11.2 Å². The van der Waals surface area contributed by atoms with Gasteiger partial charge in [-0.25, -0.2) is 0 Å². The number of esters is 1. The summed E-state index contributed by atoms with van der Waals surface area (Å²) in [6.07, 6.45) is 5.32. The SMILES string of the molecule is C#CC[C@@H]1N[C@@H](c2ccccc2)[C@@H](c2ccccc2)OC1=O. The molecule has 1 fully saturated rings. The van der Waals surface area contributed by atoms with Gasteiger partial charge in [0.05, 0.1) is 6.04 Å². The number of carbonyl (C=O) groups is 1. The van der Waals surface area contributed by atoms with Crippen LogP contribution >= 0.6 is 0 Å². The average molecular weight is 291 g/mol. The molecule has 3 rings (SSSR count). The van der Waals surface area contributed by atoms with E-state index in [4.69, 9.17) is 11.2 Å². The van der Waals surface area contributed by atoms with Gasteiger partial charge in [-0.05, 0) is 11.1 Å². The quantitative estimate of drug-likeness (QED) is 0.698. The Morgan fingerprint density at radius 1 is 1.00 bits per heavy atom. The Morgan fingerprint density at radius 2 is 1.59 bits per heavy atom. The highest BCUT2D eigenvalue weighted by atomic mass is 16.5. The molecule has 0 spiro atoms. The van der Waals surface area contributed by atoms with Gasteiger partial charge in [-0.1, -0.05) is 60.7 Å². The lowest BCUT2D eigenvalue weighted by molar-refractivity contribution is -0.160. The molecule has 0 unspecified atom stereocenters. The van der Waals surface area contributed by atoms with Crippen LogP contribution in [0.3, 0.4) is 0 Å². The van der Waals surface area contributed by atoms with Gasteiger partial charge in [0.25, 0.3) is 0 Å². The molecule has 1 N–H and O–H groups in total. The highest BCUT2D eigenvalue weighted by Gasteiger charge is 2.38. The molecule has 2 aromatic rings. The fraction of sp³-hybridized carbons (Fsp3) is 0.211. The number of hydrogen-bond acceptors (Lipinski definition) is 3. The summed E-state index contributed by atoms with van der Waals surface area (Å²) >= 11 is 0. The van der Waals surface area contributed by atoms with E-state index >= 15 is 0 Å². The van der Waals surface area contributed by atoms with Crippen molar-refractivity contribution in [2.45, 2.75) is 24.6 Å². The highest BCUT2D eigenvalue weighted by molar-refractivity contribution is 5.77. The molecule has 1 aliphatic rings. The predicted octanol–water partition coefficient (Wildman–Crippen LogP) is 3.01. The monoisotopic (exact) mass is 291 g/mol. The van der Waals surface area contributed by atoms with E-state index in [1.165, 1.54) is 0 Å². The van der Waals surface area contributed by atoms with Crippen LogP contribution < -0.4 is 5.32 Å². The molecule has 1 heterocycles. The Hall–Kier alpha value is -2.57. The lowest BCUT2D eigenvalue weighted by Gasteiger charge is -2.36. The standard InChI is InChI=1S/C19H17NO2/c1-2-9-16-19(21)22-18(15-12-7-4-8-13-15)17(20-16)14-10-5-3-6-11-14/h1,3-8,10-13,16-18,20H,9H2/t16-,17-,18+/m0/s1. The number of benzene rings is 2. The minimum atomic E-state index is -0.463. The first-order valence-corrected chi connectivity index (χ1v) is 7.29. The third kappa shape index (κ3) is 2.88. The zero-order valence-corrected chi connectivity index (χ0v) is 12.1. The summed E-state index contributed by atoms with van der Waals surface area (Å²) in [4.78, 5) is 12.2.